The second-order valence-electron chi connectivity index (χ2n) is 6.28. The molecule has 0 saturated heterocycles. The Morgan fingerprint density at radius 2 is 1.96 bits per heavy atom. The van der Waals surface area contributed by atoms with Gasteiger partial charge in [0.2, 0.25) is 10.6 Å². The smallest absolute Gasteiger partial charge is 0.216 e. The van der Waals surface area contributed by atoms with Crippen molar-refractivity contribution in [3.63, 3.8) is 0 Å². The zero-order valence-electron chi connectivity index (χ0n) is 14.2. The van der Waals surface area contributed by atoms with Crippen LogP contribution in [0.1, 0.15) is 23.2 Å². The van der Waals surface area contributed by atoms with Gasteiger partial charge in [0.25, 0.3) is 0 Å². The van der Waals surface area contributed by atoms with E-state index in [1.54, 1.807) is 10.9 Å². The van der Waals surface area contributed by atoms with Crippen molar-refractivity contribution >= 4 is 24.1 Å². The molecule has 0 radical (unpaired) electrons. The number of aromatic amines is 2. The summed E-state index contributed by atoms with van der Waals surface area (Å²) in [6.45, 7) is 0. The molecule has 3 aromatic rings. The fourth-order valence-corrected chi connectivity index (χ4v) is 3.22. The summed E-state index contributed by atoms with van der Waals surface area (Å²) in [6.07, 6.45) is 4.97. The number of hydrogen-bond acceptors (Lipinski definition) is 5. The van der Waals surface area contributed by atoms with E-state index in [0.29, 0.717) is 10.6 Å². The number of hydrogen-bond donors (Lipinski definition) is 2. The lowest BCUT2D eigenvalue weighted by molar-refractivity contribution is 0.844. The molecule has 1 aromatic carbocycles. The predicted octanol–water partition coefficient (Wildman–Crippen LogP) is 2.77. The molecule has 0 unspecified atom stereocenters. The van der Waals surface area contributed by atoms with Crippen LogP contribution >= 0.6 is 12.2 Å². The summed E-state index contributed by atoms with van der Waals surface area (Å²) in [6, 6.07) is 8.15. The van der Waals surface area contributed by atoms with Gasteiger partial charge in [-0.25, -0.2) is 5.10 Å². The number of benzene rings is 1. The van der Waals surface area contributed by atoms with Gasteiger partial charge >= 0.3 is 0 Å². The molecule has 1 aliphatic rings. The minimum absolute atomic E-state index is 0.450. The molecule has 0 aliphatic heterocycles. The maximum absolute atomic E-state index is 5.33. The minimum atomic E-state index is 0.450. The third-order valence-electron chi connectivity index (χ3n) is 4.40. The number of anilines is 1. The summed E-state index contributed by atoms with van der Waals surface area (Å²) < 4.78 is 2.08. The lowest BCUT2D eigenvalue weighted by Gasteiger charge is -2.11. The van der Waals surface area contributed by atoms with Gasteiger partial charge in [-0.2, -0.15) is 20.0 Å². The van der Waals surface area contributed by atoms with Crippen LogP contribution in [0.25, 0.3) is 11.5 Å². The molecule has 4 rings (SSSR count). The van der Waals surface area contributed by atoms with E-state index in [-0.39, 0.29) is 0 Å². The first kappa shape index (κ1) is 15.8. The van der Waals surface area contributed by atoms with E-state index < -0.39 is 0 Å². The maximum Gasteiger partial charge on any atom is 0.216 e. The summed E-state index contributed by atoms with van der Waals surface area (Å²) in [5, 5.41) is 19.2. The maximum atomic E-state index is 5.33. The molecule has 128 valence electrons. The Kier molecular flexibility index (Phi) is 3.96. The normalized spacial score (nSPS) is 13.5. The Balaban J connectivity index is 1.67. The average Bonchev–Trinajstić information content (AvgIpc) is 3.29. The molecule has 2 aromatic heterocycles. The number of H-pyrrole nitrogens is 2. The molecule has 0 bridgehead atoms. The Labute approximate surface area is 150 Å². The van der Waals surface area contributed by atoms with Crippen LogP contribution in [0.15, 0.2) is 29.4 Å². The zero-order chi connectivity index (χ0) is 17.4. The van der Waals surface area contributed by atoms with Crippen molar-refractivity contribution in [1.29, 1.82) is 0 Å². The SMILES string of the molecule is CN(C)c1ccc(/C=N/n2c(-c3n[nH]c4c3CCC4)n[nH]c2=S)cc1. The molecule has 2 N–H and O–H groups in total. The van der Waals surface area contributed by atoms with E-state index in [9.17, 15) is 0 Å². The highest BCUT2D eigenvalue weighted by Gasteiger charge is 2.23. The van der Waals surface area contributed by atoms with Gasteiger partial charge in [0.05, 0.1) is 6.21 Å². The molecule has 0 saturated carbocycles. The van der Waals surface area contributed by atoms with Crippen molar-refractivity contribution in [2.45, 2.75) is 19.3 Å². The van der Waals surface area contributed by atoms with Gasteiger partial charge in [-0.15, -0.1) is 0 Å². The van der Waals surface area contributed by atoms with Crippen LogP contribution in [-0.2, 0) is 12.8 Å². The van der Waals surface area contributed by atoms with Gasteiger partial charge in [-0.3, -0.25) is 5.10 Å². The fourth-order valence-electron chi connectivity index (χ4n) is 3.04. The Morgan fingerprint density at radius 3 is 2.72 bits per heavy atom. The molecule has 0 amide bonds. The van der Waals surface area contributed by atoms with Gasteiger partial charge in [-0.1, -0.05) is 12.1 Å². The van der Waals surface area contributed by atoms with E-state index in [0.717, 1.165) is 36.2 Å². The molecular formula is C17H19N7S. The van der Waals surface area contributed by atoms with E-state index in [1.807, 2.05) is 26.2 Å². The fraction of sp³-hybridized carbons (Fsp3) is 0.294. The number of aryl methyl sites for hydroxylation is 1. The molecule has 25 heavy (non-hydrogen) atoms. The van der Waals surface area contributed by atoms with Crippen molar-refractivity contribution in [1.82, 2.24) is 25.1 Å². The number of nitrogens with zero attached hydrogens (tertiary/aromatic N) is 5. The Hall–Kier alpha value is -2.74. The first-order valence-corrected chi connectivity index (χ1v) is 8.60. The van der Waals surface area contributed by atoms with E-state index in [2.05, 4.69) is 42.5 Å². The summed E-state index contributed by atoms with van der Waals surface area (Å²) in [4.78, 5) is 2.06. The zero-order valence-corrected chi connectivity index (χ0v) is 15.0. The van der Waals surface area contributed by atoms with Crippen LogP contribution in [0.5, 0.6) is 0 Å². The highest BCUT2D eigenvalue weighted by atomic mass is 32.1. The lowest BCUT2D eigenvalue weighted by Crippen LogP contribution is -2.08. The molecule has 0 fully saturated rings. The van der Waals surface area contributed by atoms with Crippen LogP contribution in [0.3, 0.4) is 0 Å². The first-order chi connectivity index (χ1) is 12.1. The van der Waals surface area contributed by atoms with Crippen molar-refractivity contribution in [3.05, 3.63) is 45.9 Å². The van der Waals surface area contributed by atoms with Crippen LogP contribution in [0.4, 0.5) is 5.69 Å². The topological polar surface area (TPSA) is 77.9 Å². The highest BCUT2D eigenvalue weighted by molar-refractivity contribution is 7.71. The van der Waals surface area contributed by atoms with Gasteiger partial charge in [0.15, 0.2) is 0 Å². The summed E-state index contributed by atoms with van der Waals surface area (Å²) in [7, 11) is 4.03. The first-order valence-electron chi connectivity index (χ1n) is 8.19. The van der Waals surface area contributed by atoms with Gasteiger partial charge in [0, 0.05) is 31.0 Å². The molecule has 1 aliphatic carbocycles. The molecule has 0 atom stereocenters. The molecule has 7 nitrogen and oxygen atoms in total. The molecular weight excluding hydrogens is 334 g/mol. The number of fused-ring (bicyclic) bond motifs is 1. The van der Waals surface area contributed by atoms with E-state index in [1.165, 1.54) is 11.3 Å². The summed E-state index contributed by atoms with van der Waals surface area (Å²) in [5.74, 6) is 0.644. The van der Waals surface area contributed by atoms with E-state index >= 15 is 0 Å². The number of aromatic nitrogens is 5. The molecule has 0 spiro atoms. The molecule has 8 heteroatoms. The monoisotopic (exact) mass is 353 g/mol. The van der Waals surface area contributed by atoms with Crippen molar-refractivity contribution < 1.29 is 0 Å². The van der Waals surface area contributed by atoms with Gasteiger partial charge in [0.1, 0.15) is 5.69 Å². The number of rotatable bonds is 4. The van der Waals surface area contributed by atoms with E-state index in [4.69, 9.17) is 12.2 Å². The predicted molar refractivity (Wildman–Crippen MR) is 101 cm³/mol. The average molecular weight is 353 g/mol. The van der Waals surface area contributed by atoms with Gasteiger partial charge < -0.3 is 4.90 Å². The second-order valence-corrected chi connectivity index (χ2v) is 6.66. The Morgan fingerprint density at radius 1 is 1.16 bits per heavy atom. The third kappa shape index (κ3) is 2.89. The largest absolute Gasteiger partial charge is 0.378 e. The van der Waals surface area contributed by atoms with Crippen LogP contribution in [0.2, 0.25) is 0 Å². The quantitative estimate of drug-likeness (QED) is 0.558. The van der Waals surface area contributed by atoms with Gasteiger partial charge in [-0.05, 0) is 49.2 Å². The van der Waals surface area contributed by atoms with Crippen LogP contribution < -0.4 is 4.90 Å². The highest BCUT2D eigenvalue weighted by Crippen LogP contribution is 2.29. The standard InChI is InChI=1S/C17H19N7S/c1-23(2)12-8-6-11(7-9-12)10-18-24-16(21-22-17(24)25)15-13-4-3-5-14(13)19-20-15/h6-10H,3-5H2,1-2H3,(H,19,20)(H,22,25)/b18-10+. The van der Waals surface area contributed by atoms with Crippen LogP contribution in [-0.4, -0.2) is 45.4 Å². The van der Waals surface area contributed by atoms with Crippen molar-refractivity contribution in [2.75, 3.05) is 19.0 Å². The van der Waals surface area contributed by atoms with Crippen LogP contribution in [0, 0.1) is 4.77 Å². The third-order valence-corrected chi connectivity index (χ3v) is 4.66. The minimum Gasteiger partial charge on any atom is -0.378 e. The van der Waals surface area contributed by atoms with Crippen molar-refractivity contribution in [2.24, 2.45) is 5.10 Å². The summed E-state index contributed by atoms with van der Waals surface area (Å²) >= 11 is 5.33. The second kappa shape index (κ2) is 6.29. The molecule has 2 heterocycles. The number of nitrogens with one attached hydrogen (secondary N) is 2. The van der Waals surface area contributed by atoms with Crippen molar-refractivity contribution in [3.8, 4) is 11.5 Å². The lowest BCUT2D eigenvalue weighted by atomic mass is 10.2. The Bertz CT molecular complexity index is 975. The summed E-state index contributed by atoms with van der Waals surface area (Å²) in [5.41, 5.74) is 5.39.